The van der Waals surface area contributed by atoms with E-state index in [1.54, 1.807) is 12.0 Å². The molecule has 0 bridgehead atoms. The van der Waals surface area contributed by atoms with E-state index in [2.05, 4.69) is 5.16 Å². The van der Waals surface area contributed by atoms with Gasteiger partial charge in [-0.1, -0.05) is 12.1 Å². The van der Waals surface area contributed by atoms with Crippen LogP contribution in [0, 0.1) is 5.92 Å². The van der Waals surface area contributed by atoms with Crippen molar-refractivity contribution in [1.29, 1.82) is 0 Å². The number of hydrogen-bond donors (Lipinski definition) is 1. The molecule has 1 aliphatic heterocycles. The first-order valence-corrected chi connectivity index (χ1v) is 5.16. The summed E-state index contributed by atoms with van der Waals surface area (Å²) < 4.78 is 4.86. The maximum atomic E-state index is 11.6. The van der Waals surface area contributed by atoms with Crippen LogP contribution in [0.1, 0.15) is 19.8 Å². The van der Waals surface area contributed by atoms with Gasteiger partial charge < -0.3 is 14.8 Å². The van der Waals surface area contributed by atoms with Crippen LogP contribution in [0.2, 0.25) is 0 Å². The first kappa shape index (κ1) is 12.0. The van der Waals surface area contributed by atoms with Gasteiger partial charge in [-0.05, 0) is 0 Å². The number of rotatable bonds is 3. The van der Waals surface area contributed by atoms with E-state index < -0.39 is 0 Å². The van der Waals surface area contributed by atoms with Crippen molar-refractivity contribution >= 4 is 11.6 Å². The summed E-state index contributed by atoms with van der Waals surface area (Å²) >= 11 is 0. The molecule has 1 atom stereocenters. The van der Waals surface area contributed by atoms with Gasteiger partial charge in [0.25, 0.3) is 0 Å². The quantitative estimate of drug-likeness (QED) is 0.556. The lowest BCUT2D eigenvalue weighted by molar-refractivity contribution is -0.132. The molecule has 0 aromatic rings. The molecular formula is C10H18N2O3. The number of nitrogens with zero attached hydrogens (tertiary/aromatic N) is 2. The van der Waals surface area contributed by atoms with Crippen LogP contribution >= 0.6 is 0 Å². The topological polar surface area (TPSA) is 62.1 Å². The second-order valence-corrected chi connectivity index (χ2v) is 3.82. The van der Waals surface area contributed by atoms with Crippen LogP contribution in [0.15, 0.2) is 5.16 Å². The van der Waals surface area contributed by atoms with E-state index in [-0.39, 0.29) is 11.8 Å². The minimum Gasteiger partial charge on any atom is -0.411 e. The Bertz CT molecular complexity index is 253. The van der Waals surface area contributed by atoms with Crippen LogP contribution in [0.4, 0.5) is 0 Å². The van der Waals surface area contributed by atoms with E-state index in [4.69, 9.17) is 9.94 Å². The molecule has 1 unspecified atom stereocenters. The predicted molar refractivity (Wildman–Crippen MR) is 56.1 cm³/mol. The highest BCUT2D eigenvalue weighted by molar-refractivity contribution is 5.89. The fourth-order valence-corrected chi connectivity index (χ4v) is 1.75. The Morgan fingerprint density at radius 2 is 2.47 bits per heavy atom. The maximum absolute atomic E-state index is 11.6. The average Bonchev–Trinajstić information content (AvgIpc) is 2.25. The van der Waals surface area contributed by atoms with Crippen molar-refractivity contribution in [2.24, 2.45) is 11.1 Å². The summed E-state index contributed by atoms with van der Waals surface area (Å²) in [4.78, 5) is 13.4. The van der Waals surface area contributed by atoms with Crippen molar-refractivity contribution in [2.45, 2.75) is 19.8 Å². The van der Waals surface area contributed by atoms with Gasteiger partial charge in [-0.25, -0.2) is 0 Å². The monoisotopic (exact) mass is 214 g/mol. The number of oxime groups is 1. The molecule has 1 aliphatic rings. The summed E-state index contributed by atoms with van der Waals surface area (Å²) in [5, 5.41) is 11.9. The SMILES string of the molecule is COCCC(=O)N1CCC(=NO)C(C)C1. The molecule has 0 aromatic heterocycles. The van der Waals surface area contributed by atoms with Crippen molar-refractivity contribution in [3.05, 3.63) is 0 Å². The summed E-state index contributed by atoms with van der Waals surface area (Å²) in [7, 11) is 1.59. The Kier molecular flexibility index (Phi) is 4.55. The standard InChI is InChI=1S/C10H18N2O3/c1-8-7-12(5-3-9(8)11-14)10(13)4-6-15-2/h8,14H,3-7H2,1-2H3. The molecule has 0 aromatic carbocycles. The number of carbonyl (C=O) groups excluding carboxylic acids is 1. The lowest BCUT2D eigenvalue weighted by Crippen LogP contribution is -2.43. The summed E-state index contributed by atoms with van der Waals surface area (Å²) in [6.07, 6.45) is 1.09. The van der Waals surface area contributed by atoms with E-state index in [0.717, 1.165) is 5.71 Å². The Balaban J connectivity index is 2.43. The Labute approximate surface area is 89.7 Å². The van der Waals surface area contributed by atoms with Gasteiger partial charge >= 0.3 is 0 Å². The average molecular weight is 214 g/mol. The minimum atomic E-state index is 0.112. The van der Waals surface area contributed by atoms with Crippen LogP contribution < -0.4 is 0 Å². The highest BCUT2D eigenvalue weighted by Gasteiger charge is 2.25. The van der Waals surface area contributed by atoms with Crippen LogP contribution in [-0.4, -0.2) is 48.5 Å². The van der Waals surface area contributed by atoms with Gasteiger partial charge in [-0.15, -0.1) is 0 Å². The zero-order valence-corrected chi connectivity index (χ0v) is 9.27. The lowest BCUT2D eigenvalue weighted by atomic mass is 9.97. The first-order valence-electron chi connectivity index (χ1n) is 5.16. The largest absolute Gasteiger partial charge is 0.411 e. The summed E-state index contributed by atoms with van der Waals surface area (Å²) in [5.41, 5.74) is 0.783. The fourth-order valence-electron chi connectivity index (χ4n) is 1.75. The molecule has 5 heteroatoms. The first-order chi connectivity index (χ1) is 7.19. The number of hydrogen-bond acceptors (Lipinski definition) is 4. The lowest BCUT2D eigenvalue weighted by Gasteiger charge is -2.31. The fraction of sp³-hybridized carbons (Fsp3) is 0.800. The molecule has 1 saturated heterocycles. The molecule has 0 spiro atoms. The molecule has 0 saturated carbocycles. The van der Waals surface area contributed by atoms with Gasteiger partial charge in [0, 0.05) is 32.5 Å². The number of piperidine rings is 1. The van der Waals surface area contributed by atoms with Gasteiger partial charge in [0.1, 0.15) is 0 Å². The minimum absolute atomic E-state index is 0.112. The third-order valence-electron chi connectivity index (χ3n) is 2.70. The normalized spacial score (nSPS) is 24.5. The molecule has 15 heavy (non-hydrogen) atoms. The van der Waals surface area contributed by atoms with Crippen LogP contribution in [0.25, 0.3) is 0 Å². The summed E-state index contributed by atoms with van der Waals surface area (Å²) in [6, 6.07) is 0. The number of likely N-dealkylation sites (tertiary alicyclic amines) is 1. The molecule has 1 fully saturated rings. The van der Waals surface area contributed by atoms with Gasteiger partial charge in [-0.3, -0.25) is 4.79 Å². The summed E-state index contributed by atoms with van der Waals surface area (Å²) in [5.74, 6) is 0.260. The van der Waals surface area contributed by atoms with Crippen molar-refractivity contribution in [2.75, 3.05) is 26.8 Å². The van der Waals surface area contributed by atoms with E-state index in [9.17, 15) is 4.79 Å². The molecule has 0 radical (unpaired) electrons. The molecule has 86 valence electrons. The Morgan fingerprint density at radius 3 is 3.00 bits per heavy atom. The van der Waals surface area contributed by atoms with Crippen molar-refractivity contribution < 1.29 is 14.7 Å². The maximum Gasteiger partial charge on any atom is 0.224 e. The molecule has 1 N–H and O–H groups in total. The van der Waals surface area contributed by atoms with Crippen LogP contribution in [0.3, 0.4) is 0 Å². The van der Waals surface area contributed by atoms with E-state index >= 15 is 0 Å². The highest BCUT2D eigenvalue weighted by atomic mass is 16.5. The van der Waals surface area contributed by atoms with E-state index in [0.29, 0.717) is 32.5 Å². The molecule has 5 nitrogen and oxygen atoms in total. The molecular weight excluding hydrogens is 196 g/mol. The number of methoxy groups -OCH3 is 1. The number of carbonyl (C=O) groups is 1. The molecule has 1 rings (SSSR count). The van der Waals surface area contributed by atoms with Crippen molar-refractivity contribution in [1.82, 2.24) is 4.90 Å². The second kappa shape index (κ2) is 5.70. The van der Waals surface area contributed by atoms with Crippen LogP contribution in [0.5, 0.6) is 0 Å². The van der Waals surface area contributed by atoms with Crippen molar-refractivity contribution in [3.8, 4) is 0 Å². The van der Waals surface area contributed by atoms with E-state index in [1.807, 2.05) is 6.92 Å². The number of ether oxygens (including phenoxy) is 1. The van der Waals surface area contributed by atoms with Crippen LogP contribution in [-0.2, 0) is 9.53 Å². The summed E-state index contributed by atoms with van der Waals surface area (Å²) in [6.45, 7) is 3.71. The molecule has 1 amide bonds. The smallest absolute Gasteiger partial charge is 0.224 e. The third kappa shape index (κ3) is 3.20. The van der Waals surface area contributed by atoms with Gasteiger partial charge in [0.15, 0.2) is 0 Å². The Morgan fingerprint density at radius 1 is 1.73 bits per heavy atom. The zero-order chi connectivity index (χ0) is 11.3. The van der Waals surface area contributed by atoms with Gasteiger partial charge in [0.2, 0.25) is 5.91 Å². The zero-order valence-electron chi connectivity index (χ0n) is 9.27. The van der Waals surface area contributed by atoms with Crippen molar-refractivity contribution in [3.63, 3.8) is 0 Å². The molecule has 0 aliphatic carbocycles. The predicted octanol–water partition coefficient (Wildman–Crippen LogP) is 0.722. The van der Waals surface area contributed by atoms with Gasteiger partial charge in [0.05, 0.1) is 18.7 Å². The number of amides is 1. The Hall–Kier alpha value is -1.10. The van der Waals surface area contributed by atoms with E-state index in [1.165, 1.54) is 0 Å². The van der Waals surface area contributed by atoms with Gasteiger partial charge in [-0.2, -0.15) is 0 Å². The highest BCUT2D eigenvalue weighted by Crippen LogP contribution is 2.14. The third-order valence-corrected chi connectivity index (χ3v) is 2.70. The molecule has 1 heterocycles. The second-order valence-electron chi connectivity index (χ2n) is 3.82.